The maximum atomic E-state index is 11.9. The molecule has 1 atom stereocenters. The van der Waals surface area contributed by atoms with Gasteiger partial charge in [0.25, 0.3) is 5.91 Å². The molecule has 2 amide bonds. The topological polar surface area (TPSA) is 67.4 Å². The van der Waals surface area contributed by atoms with Gasteiger partial charge in [0.1, 0.15) is 12.6 Å². The van der Waals surface area contributed by atoms with Gasteiger partial charge in [-0.1, -0.05) is 60.7 Å². The summed E-state index contributed by atoms with van der Waals surface area (Å²) in [6.45, 7) is 0.163. The molecule has 23 heavy (non-hydrogen) atoms. The SMILES string of the molecule is O=C(N[C@@H](Cc1ccccc1)C(=O)NI)OCc1ccccc1. The molecule has 0 aliphatic carbocycles. The van der Waals surface area contributed by atoms with Gasteiger partial charge in [-0.05, 0) is 11.1 Å². The highest BCUT2D eigenvalue weighted by Crippen LogP contribution is 2.05. The van der Waals surface area contributed by atoms with E-state index < -0.39 is 12.1 Å². The highest BCUT2D eigenvalue weighted by Gasteiger charge is 2.21. The fourth-order valence-corrected chi connectivity index (χ4v) is 2.41. The van der Waals surface area contributed by atoms with Gasteiger partial charge in [0.05, 0.1) is 22.9 Å². The summed E-state index contributed by atoms with van der Waals surface area (Å²) in [5.41, 5.74) is 1.85. The Morgan fingerprint density at radius 1 is 0.957 bits per heavy atom. The number of rotatable bonds is 6. The Hall–Kier alpha value is -2.09. The number of hydrogen-bond acceptors (Lipinski definition) is 3. The minimum absolute atomic E-state index is 0.163. The van der Waals surface area contributed by atoms with Crippen LogP contribution in [0.1, 0.15) is 11.1 Å². The third-order valence-electron chi connectivity index (χ3n) is 3.20. The molecule has 0 unspecified atom stereocenters. The predicted molar refractivity (Wildman–Crippen MR) is 95.9 cm³/mol. The molecule has 6 heteroatoms. The number of ether oxygens (including phenoxy) is 1. The van der Waals surface area contributed by atoms with Crippen molar-refractivity contribution in [1.29, 1.82) is 0 Å². The molecule has 120 valence electrons. The van der Waals surface area contributed by atoms with Crippen molar-refractivity contribution >= 4 is 34.9 Å². The van der Waals surface area contributed by atoms with Gasteiger partial charge in [0.2, 0.25) is 0 Å². The average Bonchev–Trinajstić information content (AvgIpc) is 2.60. The van der Waals surface area contributed by atoms with E-state index in [1.54, 1.807) is 22.9 Å². The lowest BCUT2D eigenvalue weighted by atomic mass is 10.1. The standard InChI is InChI=1S/C17H17IN2O3/c18-20-16(21)15(11-13-7-3-1-4-8-13)19-17(22)23-12-14-9-5-2-6-10-14/h1-10,15H,11-12H2,(H,19,22)(H,20,21)/t15-/m0/s1. The van der Waals surface area contributed by atoms with Crippen molar-refractivity contribution in [2.24, 2.45) is 0 Å². The Morgan fingerprint density at radius 3 is 2.09 bits per heavy atom. The Kier molecular flexibility index (Phi) is 6.86. The number of amides is 2. The van der Waals surface area contributed by atoms with Crippen LogP contribution in [0.5, 0.6) is 0 Å². The van der Waals surface area contributed by atoms with Crippen LogP contribution in [0.3, 0.4) is 0 Å². The van der Waals surface area contributed by atoms with Crippen LogP contribution in [0.4, 0.5) is 4.79 Å². The zero-order chi connectivity index (χ0) is 16.5. The fraction of sp³-hybridized carbons (Fsp3) is 0.176. The van der Waals surface area contributed by atoms with Crippen molar-refractivity contribution in [1.82, 2.24) is 8.85 Å². The molecule has 2 aromatic rings. The van der Waals surface area contributed by atoms with Crippen LogP contribution in [0.2, 0.25) is 0 Å². The van der Waals surface area contributed by atoms with E-state index in [4.69, 9.17) is 4.74 Å². The van der Waals surface area contributed by atoms with E-state index in [2.05, 4.69) is 8.85 Å². The van der Waals surface area contributed by atoms with Crippen molar-refractivity contribution < 1.29 is 14.3 Å². The molecular weight excluding hydrogens is 407 g/mol. The van der Waals surface area contributed by atoms with Crippen LogP contribution < -0.4 is 8.85 Å². The fourth-order valence-electron chi connectivity index (χ4n) is 2.03. The van der Waals surface area contributed by atoms with Gasteiger partial charge in [-0.3, -0.25) is 8.32 Å². The third kappa shape index (κ3) is 5.90. The lowest BCUT2D eigenvalue weighted by molar-refractivity contribution is -0.120. The Bertz CT molecular complexity index is 635. The van der Waals surface area contributed by atoms with Crippen LogP contribution in [0.25, 0.3) is 0 Å². The maximum Gasteiger partial charge on any atom is 0.408 e. The summed E-state index contributed by atoms with van der Waals surface area (Å²) < 4.78 is 7.68. The molecule has 2 rings (SSSR count). The lowest BCUT2D eigenvalue weighted by Crippen LogP contribution is -2.45. The van der Waals surface area contributed by atoms with Gasteiger partial charge in [0, 0.05) is 6.42 Å². The monoisotopic (exact) mass is 424 g/mol. The van der Waals surface area contributed by atoms with Crippen molar-refractivity contribution in [2.75, 3.05) is 0 Å². The van der Waals surface area contributed by atoms with Crippen molar-refractivity contribution in [3.05, 3.63) is 71.8 Å². The van der Waals surface area contributed by atoms with Gasteiger partial charge in [-0.2, -0.15) is 0 Å². The van der Waals surface area contributed by atoms with E-state index in [1.807, 2.05) is 60.7 Å². The van der Waals surface area contributed by atoms with Gasteiger partial charge < -0.3 is 10.1 Å². The summed E-state index contributed by atoms with van der Waals surface area (Å²) in [6.07, 6.45) is -0.217. The Morgan fingerprint density at radius 2 is 1.52 bits per heavy atom. The lowest BCUT2D eigenvalue weighted by Gasteiger charge is -2.16. The molecule has 0 aliphatic heterocycles. The number of carbonyl (C=O) groups is 2. The zero-order valence-corrected chi connectivity index (χ0v) is 14.5. The van der Waals surface area contributed by atoms with Crippen LogP contribution in [0.15, 0.2) is 60.7 Å². The highest BCUT2D eigenvalue weighted by molar-refractivity contribution is 14.1. The van der Waals surface area contributed by atoms with Gasteiger partial charge >= 0.3 is 6.09 Å². The number of benzene rings is 2. The molecule has 5 nitrogen and oxygen atoms in total. The van der Waals surface area contributed by atoms with Gasteiger partial charge in [-0.25, -0.2) is 4.79 Å². The molecule has 0 bridgehead atoms. The smallest absolute Gasteiger partial charge is 0.408 e. The van der Waals surface area contributed by atoms with Crippen LogP contribution in [-0.2, 0) is 22.6 Å². The molecule has 0 radical (unpaired) electrons. The zero-order valence-electron chi connectivity index (χ0n) is 12.4. The number of carbonyl (C=O) groups excluding carboxylic acids is 2. The van der Waals surface area contributed by atoms with Crippen LogP contribution in [0, 0.1) is 0 Å². The summed E-state index contributed by atoms with van der Waals surface area (Å²) >= 11 is 1.76. The predicted octanol–water partition coefficient (Wildman–Crippen LogP) is 2.99. The van der Waals surface area contributed by atoms with Crippen LogP contribution in [-0.4, -0.2) is 18.0 Å². The van der Waals surface area contributed by atoms with Crippen molar-refractivity contribution in [3.8, 4) is 0 Å². The van der Waals surface area contributed by atoms with Crippen molar-refractivity contribution in [3.63, 3.8) is 0 Å². The van der Waals surface area contributed by atoms with Gasteiger partial charge in [0.15, 0.2) is 0 Å². The first kappa shape index (κ1) is 17.3. The minimum Gasteiger partial charge on any atom is -0.445 e. The second-order valence-corrected chi connectivity index (χ2v) is 5.45. The van der Waals surface area contributed by atoms with E-state index >= 15 is 0 Å². The first-order chi connectivity index (χ1) is 11.2. The van der Waals surface area contributed by atoms with E-state index in [-0.39, 0.29) is 12.5 Å². The van der Waals surface area contributed by atoms with Crippen molar-refractivity contribution in [2.45, 2.75) is 19.1 Å². The first-order valence-corrected chi connectivity index (χ1v) is 8.18. The molecule has 0 aromatic heterocycles. The summed E-state index contributed by atoms with van der Waals surface area (Å²) in [4.78, 5) is 23.9. The van der Waals surface area contributed by atoms with E-state index in [0.717, 1.165) is 11.1 Å². The molecule has 0 fully saturated rings. The molecule has 2 aromatic carbocycles. The Balaban J connectivity index is 1.91. The molecule has 0 saturated carbocycles. The summed E-state index contributed by atoms with van der Waals surface area (Å²) in [6, 6.07) is 18.2. The summed E-state index contributed by atoms with van der Waals surface area (Å²) in [5.74, 6) is -0.272. The van der Waals surface area contributed by atoms with E-state index in [9.17, 15) is 9.59 Å². The number of alkyl carbamates (subject to hydrolysis) is 1. The quantitative estimate of drug-likeness (QED) is 0.554. The molecule has 0 heterocycles. The second-order valence-electron chi connectivity index (χ2n) is 4.91. The van der Waals surface area contributed by atoms with Gasteiger partial charge in [-0.15, -0.1) is 0 Å². The largest absolute Gasteiger partial charge is 0.445 e. The molecule has 0 aliphatic rings. The average molecular weight is 424 g/mol. The summed E-state index contributed by atoms with van der Waals surface area (Å²) in [5, 5.41) is 2.61. The van der Waals surface area contributed by atoms with E-state index in [0.29, 0.717) is 6.42 Å². The van der Waals surface area contributed by atoms with Crippen LogP contribution >= 0.6 is 22.9 Å². The molecule has 2 N–H and O–H groups in total. The normalized spacial score (nSPS) is 11.3. The molecule has 0 saturated heterocycles. The minimum atomic E-state index is -0.683. The number of hydrogen-bond donors (Lipinski definition) is 2. The molecule has 0 spiro atoms. The molecular formula is C17H17IN2O3. The highest BCUT2D eigenvalue weighted by atomic mass is 127. The summed E-state index contributed by atoms with van der Waals surface area (Å²) in [7, 11) is 0. The first-order valence-electron chi connectivity index (χ1n) is 7.10. The third-order valence-corrected chi connectivity index (χ3v) is 3.73. The number of nitrogens with one attached hydrogen (secondary N) is 2. The number of halogens is 1. The Labute approximate surface area is 148 Å². The maximum absolute atomic E-state index is 11.9. The van der Waals surface area contributed by atoms with E-state index in [1.165, 1.54) is 0 Å². The second kappa shape index (κ2) is 9.14.